The van der Waals surface area contributed by atoms with Crippen LogP contribution in [0.3, 0.4) is 0 Å². The zero-order valence-electron chi connectivity index (χ0n) is 14.6. The van der Waals surface area contributed by atoms with Crippen molar-refractivity contribution in [1.29, 1.82) is 0 Å². The van der Waals surface area contributed by atoms with Crippen molar-refractivity contribution in [3.05, 3.63) is 65.2 Å². The molecule has 1 fully saturated rings. The number of carbonyl (C=O) groups is 2. The lowest BCUT2D eigenvalue weighted by molar-refractivity contribution is 0.0745. The number of nitrogens with one attached hydrogen (secondary N) is 2. The molecule has 2 amide bonds. The van der Waals surface area contributed by atoms with Crippen molar-refractivity contribution in [2.45, 2.75) is 19.4 Å². The molecule has 1 heterocycles. The molecule has 2 aromatic carbocycles. The standard InChI is InChI=1S/C20H23N3O2/c1-14-6-5-7-15(12-14)19(24)22-18-9-4-3-8-17(18)20(25)23(2)16-10-11-21-13-16/h3-9,12,16,21H,10-11,13H2,1-2H3,(H,22,24). The highest BCUT2D eigenvalue weighted by molar-refractivity contribution is 6.09. The third kappa shape index (κ3) is 3.88. The quantitative estimate of drug-likeness (QED) is 0.902. The molecule has 1 atom stereocenters. The SMILES string of the molecule is Cc1cccc(C(=O)Nc2ccccc2C(=O)N(C)C2CCNC2)c1. The average molecular weight is 337 g/mol. The zero-order chi connectivity index (χ0) is 17.8. The van der Waals surface area contributed by atoms with Crippen LogP contribution in [0.2, 0.25) is 0 Å². The number of anilines is 1. The molecule has 5 nitrogen and oxygen atoms in total. The van der Waals surface area contributed by atoms with Crippen molar-refractivity contribution in [1.82, 2.24) is 10.2 Å². The van der Waals surface area contributed by atoms with Gasteiger partial charge in [-0.25, -0.2) is 0 Å². The Morgan fingerprint density at radius 3 is 2.68 bits per heavy atom. The smallest absolute Gasteiger partial charge is 0.256 e. The molecule has 0 bridgehead atoms. The lowest BCUT2D eigenvalue weighted by atomic mass is 10.1. The van der Waals surface area contributed by atoms with Gasteiger partial charge in [0.1, 0.15) is 0 Å². The highest BCUT2D eigenvalue weighted by atomic mass is 16.2. The van der Waals surface area contributed by atoms with Gasteiger partial charge in [-0.3, -0.25) is 9.59 Å². The molecule has 130 valence electrons. The number of likely N-dealkylation sites (N-methyl/N-ethyl adjacent to an activating group) is 1. The lowest BCUT2D eigenvalue weighted by Crippen LogP contribution is -2.38. The molecule has 1 saturated heterocycles. The Balaban J connectivity index is 1.81. The minimum atomic E-state index is -0.214. The fourth-order valence-electron chi connectivity index (χ4n) is 3.09. The fourth-order valence-corrected chi connectivity index (χ4v) is 3.09. The van der Waals surface area contributed by atoms with Gasteiger partial charge in [-0.1, -0.05) is 29.8 Å². The first kappa shape index (κ1) is 17.2. The Morgan fingerprint density at radius 1 is 1.16 bits per heavy atom. The summed E-state index contributed by atoms with van der Waals surface area (Å²) in [5.41, 5.74) is 2.65. The number of para-hydroxylation sites is 1. The van der Waals surface area contributed by atoms with Crippen LogP contribution in [0.25, 0.3) is 0 Å². The molecule has 0 aromatic heterocycles. The third-order valence-corrected chi connectivity index (χ3v) is 4.59. The molecule has 2 N–H and O–H groups in total. The number of carbonyl (C=O) groups excluding carboxylic acids is 2. The number of aryl methyl sites for hydroxylation is 1. The second-order valence-electron chi connectivity index (χ2n) is 6.43. The summed E-state index contributed by atoms with van der Waals surface area (Å²) in [6.07, 6.45) is 0.945. The van der Waals surface area contributed by atoms with E-state index in [1.807, 2.05) is 44.3 Å². The highest BCUT2D eigenvalue weighted by Gasteiger charge is 2.25. The first-order valence-electron chi connectivity index (χ1n) is 8.51. The summed E-state index contributed by atoms with van der Waals surface area (Å²) in [4.78, 5) is 27.2. The molecule has 1 aliphatic rings. The Bertz CT molecular complexity index is 782. The van der Waals surface area contributed by atoms with Gasteiger partial charge in [0.25, 0.3) is 11.8 Å². The third-order valence-electron chi connectivity index (χ3n) is 4.59. The van der Waals surface area contributed by atoms with E-state index in [-0.39, 0.29) is 17.9 Å². The van der Waals surface area contributed by atoms with Crippen molar-refractivity contribution in [2.75, 3.05) is 25.5 Å². The molecule has 3 rings (SSSR count). The number of hydrogen-bond acceptors (Lipinski definition) is 3. The van der Waals surface area contributed by atoms with Gasteiger partial charge in [0.2, 0.25) is 0 Å². The molecule has 0 spiro atoms. The summed E-state index contributed by atoms with van der Waals surface area (Å²) in [5, 5.41) is 6.15. The number of hydrogen-bond donors (Lipinski definition) is 2. The monoisotopic (exact) mass is 337 g/mol. The number of benzene rings is 2. The summed E-state index contributed by atoms with van der Waals surface area (Å²) < 4.78 is 0. The predicted molar refractivity (Wildman–Crippen MR) is 98.9 cm³/mol. The highest BCUT2D eigenvalue weighted by Crippen LogP contribution is 2.20. The van der Waals surface area contributed by atoms with Gasteiger partial charge in [-0.2, -0.15) is 0 Å². The molecule has 5 heteroatoms. The van der Waals surface area contributed by atoms with Gasteiger partial charge < -0.3 is 15.5 Å². The number of nitrogens with zero attached hydrogens (tertiary/aromatic N) is 1. The summed E-state index contributed by atoms with van der Waals surface area (Å²) in [7, 11) is 1.82. The summed E-state index contributed by atoms with van der Waals surface area (Å²) in [6.45, 7) is 3.67. The molecular formula is C20H23N3O2. The van der Waals surface area contributed by atoms with Crippen LogP contribution < -0.4 is 10.6 Å². The van der Waals surface area contributed by atoms with E-state index in [4.69, 9.17) is 0 Å². The molecule has 1 aliphatic heterocycles. The molecular weight excluding hydrogens is 314 g/mol. The van der Waals surface area contributed by atoms with Gasteiger partial charge in [-0.05, 0) is 44.2 Å². The maximum atomic E-state index is 12.9. The fraction of sp³-hybridized carbons (Fsp3) is 0.300. The van der Waals surface area contributed by atoms with Crippen molar-refractivity contribution in [3.8, 4) is 0 Å². The predicted octanol–water partition coefficient (Wildman–Crippen LogP) is 2.68. The van der Waals surface area contributed by atoms with E-state index in [9.17, 15) is 9.59 Å². The van der Waals surface area contributed by atoms with Gasteiger partial charge in [0.15, 0.2) is 0 Å². The van der Waals surface area contributed by atoms with Crippen LogP contribution in [0.15, 0.2) is 48.5 Å². The topological polar surface area (TPSA) is 61.4 Å². The molecule has 0 radical (unpaired) electrons. The van der Waals surface area contributed by atoms with Crippen LogP contribution in [-0.2, 0) is 0 Å². The Labute approximate surface area is 148 Å². The Kier molecular flexibility index (Phi) is 5.14. The second-order valence-corrected chi connectivity index (χ2v) is 6.43. The van der Waals surface area contributed by atoms with E-state index in [0.717, 1.165) is 25.1 Å². The van der Waals surface area contributed by atoms with E-state index in [2.05, 4.69) is 10.6 Å². The van der Waals surface area contributed by atoms with E-state index in [1.54, 1.807) is 23.1 Å². The van der Waals surface area contributed by atoms with Crippen LogP contribution in [-0.4, -0.2) is 42.9 Å². The van der Waals surface area contributed by atoms with Gasteiger partial charge in [-0.15, -0.1) is 0 Å². The summed E-state index contributed by atoms with van der Waals surface area (Å²) in [6, 6.07) is 14.7. The second kappa shape index (κ2) is 7.49. The van der Waals surface area contributed by atoms with Gasteiger partial charge >= 0.3 is 0 Å². The first-order valence-corrected chi connectivity index (χ1v) is 8.51. The molecule has 0 saturated carbocycles. The van der Waals surface area contributed by atoms with E-state index in [1.165, 1.54) is 0 Å². The van der Waals surface area contributed by atoms with Crippen molar-refractivity contribution >= 4 is 17.5 Å². The van der Waals surface area contributed by atoms with Crippen LogP contribution in [0.4, 0.5) is 5.69 Å². The van der Waals surface area contributed by atoms with E-state index >= 15 is 0 Å². The summed E-state index contributed by atoms with van der Waals surface area (Å²) in [5.74, 6) is -0.289. The van der Waals surface area contributed by atoms with Crippen LogP contribution >= 0.6 is 0 Å². The Morgan fingerprint density at radius 2 is 1.96 bits per heavy atom. The molecule has 0 aliphatic carbocycles. The normalized spacial score (nSPS) is 16.5. The van der Waals surface area contributed by atoms with Crippen molar-refractivity contribution in [2.24, 2.45) is 0 Å². The minimum Gasteiger partial charge on any atom is -0.337 e. The Hall–Kier alpha value is -2.66. The maximum absolute atomic E-state index is 12.9. The van der Waals surface area contributed by atoms with E-state index < -0.39 is 0 Å². The molecule has 2 aromatic rings. The molecule has 1 unspecified atom stereocenters. The summed E-state index contributed by atoms with van der Waals surface area (Å²) >= 11 is 0. The van der Waals surface area contributed by atoms with Gasteiger partial charge in [0.05, 0.1) is 11.3 Å². The van der Waals surface area contributed by atoms with E-state index in [0.29, 0.717) is 16.8 Å². The maximum Gasteiger partial charge on any atom is 0.256 e. The largest absolute Gasteiger partial charge is 0.337 e. The molecule has 25 heavy (non-hydrogen) atoms. The van der Waals surface area contributed by atoms with Gasteiger partial charge in [0, 0.05) is 25.2 Å². The van der Waals surface area contributed by atoms with Crippen LogP contribution in [0, 0.1) is 6.92 Å². The van der Waals surface area contributed by atoms with Crippen LogP contribution in [0.5, 0.6) is 0 Å². The van der Waals surface area contributed by atoms with Crippen molar-refractivity contribution < 1.29 is 9.59 Å². The zero-order valence-corrected chi connectivity index (χ0v) is 14.6. The average Bonchev–Trinajstić information content (AvgIpc) is 3.15. The number of amides is 2. The van der Waals surface area contributed by atoms with Crippen LogP contribution in [0.1, 0.15) is 32.7 Å². The number of rotatable bonds is 4. The lowest BCUT2D eigenvalue weighted by Gasteiger charge is -2.25. The first-order chi connectivity index (χ1) is 12.1. The van der Waals surface area contributed by atoms with Crippen molar-refractivity contribution in [3.63, 3.8) is 0 Å². The minimum absolute atomic E-state index is 0.0751.